The fraction of sp³-hybridized carbons (Fsp3) is 0.550. The molecule has 2 N–H and O–H groups in total. The normalized spacial score (nSPS) is 24.2. The van der Waals surface area contributed by atoms with Crippen LogP contribution < -0.4 is 10.2 Å². The fourth-order valence-electron chi connectivity index (χ4n) is 3.98. The van der Waals surface area contributed by atoms with Crippen molar-refractivity contribution in [3.63, 3.8) is 0 Å². The third kappa shape index (κ3) is 4.27. The summed E-state index contributed by atoms with van der Waals surface area (Å²) in [5.74, 6) is -0.897. The molecule has 0 radical (unpaired) electrons. The van der Waals surface area contributed by atoms with Crippen LogP contribution in [0.3, 0.4) is 0 Å². The zero-order chi connectivity index (χ0) is 20.3. The van der Waals surface area contributed by atoms with Gasteiger partial charge < -0.3 is 20.2 Å². The molecule has 1 saturated carbocycles. The van der Waals surface area contributed by atoms with Crippen LogP contribution in [0.5, 0.6) is 0 Å². The molecule has 3 amide bonds. The summed E-state index contributed by atoms with van der Waals surface area (Å²) in [5.41, 5.74) is 0.851. The largest absolute Gasteiger partial charge is 0.480 e. The van der Waals surface area contributed by atoms with Crippen molar-refractivity contribution in [2.24, 2.45) is 0 Å². The molecule has 1 heterocycles. The number of anilines is 1. The number of urea groups is 1. The number of nitrogens with one attached hydrogen (secondary N) is 1. The lowest BCUT2D eigenvalue weighted by molar-refractivity contribution is -0.139. The van der Waals surface area contributed by atoms with E-state index in [4.69, 9.17) is 5.11 Å². The first-order valence-electron chi connectivity index (χ1n) is 9.76. The maximum Gasteiger partial charge on any atom is 0.318 e. The number of carboxylic acid groups (broad SMARTS) is 1. The molecule has 1 aliphatic heterocycles. The maximum atomic E-state index is 12.7. The Morgan fingerprint density at radius 1 is 1.25 bits per heavy atom. The van der Waals surface area contributed by atoms with E-state index in [-0.39, 0.29) is 30.6 Å². The number of amides is 3. The standard InChI is InChI=1S/C20H28N4O4/c1-3-23(13-18(25)26)16-11-14(12-16)21-20(28)22(2)17-9-10-24(19(17)27)15-7-5-4-6-8-15/h4-8,14,16-17H,3,9-13H2,1-2H3,(H,21,28)(H,25,26). The van der Waals surface area contributed by atoms with E-state index in [0.29, 0.717) is 19.5 Å². The van der Waals surface area contributed by atoms with Crippen molar-refractivity contribution in [1.29, 1.82) is 0 Å². The van der Waals surface area contributed by atoms with Crippen molar-refractivity contribution in [2.75, 3.05) is 31.6 Å². The number of hydrogen-bond acceptors (Lipinski definition) is 4. The highest BCUT2D eigenvalue weighted by Gasteiger charge is 2.39. The molecule has 0 bridgehead atoms. The van der Waals surface area contributed by atoms with Gasteiger partial charge >= 0.3 is 12.0 Å². The van der Waals surface area contributed by atoms with Crippen LogP contribution in [0.25, 0.3) is 0 Å². The van der Waals surface area contributed by atoms with E-state index < -0.39 is 12.0 Å². The van der Waals surface area contributed by atoms with Crippen molar-refractivity contribution >= 4 is 23.6 Å². The van der Waals surface area contributed by atoms with Crippen molar-refractivity contribution < 1.29 is 19.5 Å². The number of nitrogens with zero attached hydrogens (tertiary/aromatic N) is 3. The predicted molar refractivity (Wildman–Crippen MR) is 105 cm³/mol. The summed E-state index contributed by atoms with van der Waals surface area (Å²) in [5, 5.41) is 11.9. The maximum absolute atomic E-state index is 12.7. The Balaban J connectivity index is 1.49. The summed E-state index contributed by atoms with van der Waals surface area (Å²) in [7, 11) is 1.66. The van der Waals surface area contributed by atoms with Gasteiger partial charge in [-0.3, -0.25) is 14.5 Å². The van der Waals surface area contributed by atoms with Crippen LogP contribution in [-0.2, 0) is 9.59 Å². The minimum absolute atomic E-state index is 0.0181. The number of carbonyl (C=O) groups is 3. The fourth-order valence-corrected chi connectivity index (χ4v) is 3.98. The van der Waals surface area contributed by atoms with E-state index in [1.165, 1.54) is 4.90 Å². The molecular weight excluding hydrogens is 360 g/mol. The highest BCUT2D eigenvalue weighted by Crippen LogP contribution is 2.27. The van der Waals surface area contributed by atoms with E-state index in [0.717, 1.165) is 18.5 Å². The Labute approximate surface area is 165 Å². The van der Waals surface area contributed by atoms with Gasteiger partial charge in [-0.2, -0.15) is 0 Å². The zero-order valence-corrected chi connectivity index (χ0v) is 16.4. The van der Waals surface area contributed by atoms with E-state index in [1.54, 1.807) is 11.9 Å². The van der Waals surface area contributed by atoms with E-state index in [9.17, 15) is 14.4 Å². The summed E-state index contributed by atoms with van der Waals surface area (Å²) < 4.78 is 0. The molecule has 1 atom stereocenters. The van der Waals surface area contributed by atoms with Crippen molar-refractivity contribution in [3.8, 4) is 0 Å². The second-order valence-corrected chi connectivity index (χ2v) is 7.47. The van der Waals surface area contributed by atoms with E-state index in [1.807, 2.05) is 42.2 Å². The van der Waals surface area contributed by atoms with Gasteiger partial charge in [-0.25, -0.2) is 4.79 Å². The number of aliphatic carboxylic acids is 1. The van der Waals surface area contributed by atoms with Crippen LogP contribution in [-0.4, -0.2) is 77.6 Å². The monoisotopic (exact) mass is 388 g/mol. The topological polar surface area (TPSA) is 93.2 Å². The first-order chi connectivity index (χ1) is 13.4. The van der Waals surface area contributed by atoms with Crippen LogP contribution in [0.4, 0.5) is 10.5 Å². The Morgan fingerprint density at radius 3 is 2.54 bits per heavy atom. The molecule has 8 heteroatoms. The van der Waals surface area contributed by atoms with Crippen molar-refractivity contribution in [3.05, 3.63) is 30.3 Å². The van der Waals surface area contributed by atoms with Gasteiger partial charge in [0.1, 0.15) is 6.04 Å². The highest BCUT2D eigenvalue weighted by atomic mass is 16.4. The molecule has 1 saturated heterocycles. The molecule has 2 fully saturated rings. The minimum atomic E-state index is -0.836. The van der Waals surface area contributed by atoms with Gasteiger partial charge in [0.05, 0.1) is 6.54 Å². The van der Waals surface area contributed by atoms with Gasteiger partial charge in [0.15, 0.2) is 0 Å². The lowest BCUT2D eigenvalue weighted by atomic mass is 9.85. The number of likely N-dealkylation sites (N-methyl/N-ethyl adjacent to an activating group) is 2. The molecule has 8 nitrogen and oxygen atoms in total. The van der Waals surface area contributed by atoms with Crippen molar-refractivity contribution in [2.45, 2.75) is 44.3 Å². The molecule has 1 aliphatic carbocycles. The van der Waals surface area contributed by atoms with Crippen LogP contribution in [0.15, 0.2) is 30.3 Å². The Morgan fingerprint density at radius 2 is 1.93 bits per heavy atom. The third-order valence-electron chi connectivity index (χ3n) is 5.73. The number of carbonyl (C=O) groups excluding carboxylic acids is 2. The SMILES string of the molecule is CCN(CC(=O)O)C1CC(NC(=O)N(C)C2CCN(c3ccccc3)C2=O)C1. The second kappa shape index (κ2) is 8.60. The summed E-state index contributed by atoms with van der Waals surface area (Å²) in [4.78, 5) is 41.4. The highest BCUT2D eigenvalue weighted by molar-refractivity contribution is 6.01. The number of hydrogen-bond donors (Lipinski definition) is 2. The average Bonchev–Trinajstić information content (AvgIpc) is 3.03. The Kier molecular flexibility index (Phi) is 6.18. The van der Waals surface area contributed by atoms with Gasteiger partial charge in [0.25, 0.3) is 0 Å². The summed E-state index contributed by atoms with van der Waals surface area (Å²) >= 11 is 0. The first-order valence-corrected chi connectivity index (χ1v) is 9.76. The summed E-state index contributed by atoms with van der Waals surface area (Å²) in [6.45, 7) is 3.22. The lowest BCUT2D eigenvalue weighted by Gasteiger charge is -2.42. The number of carboxylic acids is 1. The molecule has 152 valence electrons. The molecule has 3 rings (SSSR count). The number of benzene rings is 1. The van der Waals surface area contributed by atoms with Crippen LogP contribution in [0.1, 0.15) is 26.2 Å². The van der Waals surface area contributed by atoms with Gasteiger partial charge in [0, 0.05) is 31.4 Å². The van der Waals surface area contributed by atoms with E-state index >= 15 is 0 Å². The Hall–Kier alpha value is -2.61. The number of para-hydroxylation sites is 1. The van der Waals surface area contributed by atoms with Crippen LogP contribution >= 0.6 is 0 Å². The zero-order valence-electron chi connectivity index (χ0n) is 16.4. The predicted octanol–water partition coefficient (Wildman–Crippen LogP) is 1.37. The second-order valence-electron chi connectivity index (χ2n) is 7.47. The number of rotatable bonds is 7. The molecule has 0 spiro atoms. The molecule has 0 aromatic heterocycles. The smallest absolute Gasteiger partial charge is 0.318 e. The van der Waals surface area contributed by atoms with Gasteiger partial charge in [-0.15, -0.1) is 0 Å². The molecule has 28 heavy (non-hydrogen) atoms. The summed E-state index contributed by atoms with van der Waals surface area (Å²) in [6, 6.07) is 8.96. The van der Waals surface area contributed by atoms with Crippen LogP contribution in [0, 0.1) is 0 Å². The molecule has 1 unspecified atom stereocenters. The van der Waals surface area contributed by atoms with Crippen LogP contribution in [0.2, 0.25) is 0 Å². The van der Waals surface area contributed by atoms with Gasteiger partial charge in [0.2, 0.25) is 5.91 Å². The van der Waals surface area contributed by atoms with Gasteiger partial charge in [-0.05, 0) is 37.9 Å². The van der Waals surface area contributed by atoms with Gasteiger partial charge in [-0.1, -0.05) is 25.1 Å². The molecule has 1 aromatic carbocycles. The third-order valence-corrected chi connectivity index (χ3v) is 5.73. The quantitative estimate of drug-likeness (QED) is 0.736. The van der Waals surface area contributed by atoms with Crippen molar-refractivity contribution in [1.82, 2.24) is 15.1 Å². The molecular formula is C20H28N4O4. The lowest BCUT2D eigenvalue weighted by Crippen LogP contribution is -2.57. The molecule has 1 aromatic rings. The molecule has 2 aliphatic rings. The Bertz CT molecular complexity index is 720. The van der Waals surface area contributed by atoms with E-state index in [2.05, 4.69) is 5.32 Å². The average molecular weight is 388 g/mol. The summed E-state index contributed by atoms with van der Waals surface area (Å²) in [6.07, 6.45) is 2.07. The minimum Gasteiger partial charge on any atom is -0.480 e. The first kappa shape index (κ1) is 20.1.